The van der Waals surface area contributed by atoms with Crippen molar-refractivity contribution in [3.63, 3.8) is 0 Å². The Balaban J connectivity index is 1.49. The SMILES string of the molecule is CCOC(=O)N1CCC(N2CCC(C3=CC(C)C=NC3OCC)CC2)CC1. The summed E-state index contributed by atoms with van der Waals surface area (Å²) < 4.78 is 11.0. The minimum Gasteiger partial charge on any atom is -0.450 e. The first kappa shape index (κ1) is 20.3. The van der Waals surface area contributed by atoms with Gasteiger partial charge in [-0.05, 0) is 64.1 Å². The van der Waals surface area contributed by atoms with Crippen molar-refractivity contribution in [1.29, 1.82) is 0 Å². The second-order valence-corrected chi connectivity index (χ2v) is 7.86. The summed E-state index contributed by atoms with van der Waals surface area (Å²) in [7, 11) is 0. The second-order valence-electron chi connectivity index (χ2n) is 7.86. The lowest BCUT2D eigenvalue weighted by atomic mass is 9.84. The zero-order valence-electron chi connectivity index (χ0n) is 17.1. The fourth-order valence-corrected chi connectivity index (χ4v) is 4.59. The van der Waals surface area contributed by atoms with Crippen LogP contribution in [0.1, 0.15) is 46.5 Å². The predicted molar refractivity (Wildman–Crippen MR) is 107 cm³/mol. The van der Waals surface area contributed by atoms with Crippen LogP contribution < -0.4 is 0 Å². The van der Waals surface area contributed by atoms with Crippen LogP contribution in [0.15, 0.2) is 16.6 Å². The molecule has 3 aliphatic rings. The maximum Gasteiger partial charge on any atom is 0.409 e. The summed E-state index contributed by atoms with van der Waals surface area (Å²) in [5.41, 5.74) is 1.39. The molecule has 0 N–H and O–H groups in total. The Morgan fingerprint density at radius 2 is 1.81 bits per heavy atom. The summed E-state index contributed by atoms with van der Waals surface area (Å²) in [5, 5.41) is 0. The monoisotopic (exact) mass is 377 g/mol. The molecule has 0 aromatic rings. The van der Waals surface area contributed by atoms with Gasteiger partial charge in [0.1, 0.15) is 0 Å². The van der Waals surface area contributed by atoms with Crippen LogP contribution in [-0.2, 0) is 9.47 Å². The molecule has 0 bridgehead atoms. The Morgan fingerprint density at radius 1 is 1.11 bits per heavy atom. The lowest BCUT2D eigenvalue weighted by Gasteiger charge is -2.42. The lowest BCUT2D eigenvalue weighted by Crippen LogP contribution is -2.49. The van der Waals surface area contributed by atoms with Crippen molar-refractivity contribution in [1.82, 2.24) is 9.80 Å². The van der Waals surface area contributed by atoms with Crippen molar-refractivity contribution in [2.24, 2.45) is 16.8 Å². The van der Waals surface area contributed by atoms with Crippen LogP contribution in [-0.4, -0.2) is 73.8 Å². The van der Waals surface area contributed by atoms with Crippen molar-refractivity contribution in [2.45, 2.75) is 58.7 Å². The number of likely N-dealkylation sites (tertiary alicyclic amines) is 2. The van der Waals surface area contributed by atoms with Gasteiger partial charge in [0.25, 0.3) is 0 Å². The van der Waals surface area contributed by atoms with Crippen molar-refractivity contribution >= 4 is 12.3 Å². The molecule has 2 atom stereocenters. The molecule has 2 unspecified atom stereocenters. The van der Waals surface area contributed by atoms with Gasteiger partial charge in [0.05, 0.1) is 6.61 Å². The number of hydrogen-bond acceptors (Lipinski definition) is 5. The quantitative estimate of drug-likeness (QED) is 0.690. The third kappa shape index (κ3) is 5.11. The molecule has 0 aromatic heterocycles. The van der Waals surface area contributed by atoms with E-state index >= 15 is 0 Å². The minimum absolute atomic E-state index is 0.0735. The first-order valence-corrected chi connectivity index (χ1v) is 10.6. The molecule has 3 rings (SSSR count). The number of piperidine rings is 2. The average Bonchev–Trinajstić information content (AvgIpc) is 2.70. The summed E-state index contributed by atoms with van der Waals surface area (Å²) in [6.07, 6.45) is 8.60. The summed E-state index contributed by atoms with van der Waals surface area (Å²) >= 11 is 0. The third-order valence-electron chi connectivity index (χ3n) is 6.03. The molecule has 2 saturated heterocycles. The number of rotatable bonds is 5. The van der Waals surface area contributed by atoms with Gasteiger partial charge in [-0.15, -0.1) is 0 Å². The number of carbonyl (C=O) groups excluding carboxylic acids is 1. The molecule has 3 heterocycles. The molecule has 3 aliphatic heterocycles. The van der Waals surface area contributed by atoms with Crippen LogP contribution in [0.5, 0.6) is 0 Å². The zero-order chi connectivity index (χ0) is 19.2. The van der Waals surface area contributed by atoms with Gasteiger partial charge in [-0.3, -0.25) is 4.99 Å². The highest BCUT2D eigenvalue weighted by Crippen LogP contribution is 2.33. The van der Waals surface area contributed by atoms with Crippen molar-refractivity contribution in [3.8, 4) is 0 Å². The van der Waals surface area contributed by atoms with Gasteiger partial charge in [0, 0.05) is 37.9 Å². The van der Waals surface area contributed by atoms with Crippen molar-refractivity contribution in [3.05, 3.63) is 11.6 Å². The maximum absolute atomic E-state index is 11.9. The molecule has 27 heavy (non-hydrogen) atoms. The highest BCUT2D eigenvalue weighted by atomic mass is 16.6. The van der Waals surface area contributed by atoms with Crippen LogP contribution >= 0.6 is 0 Å². The van der Waals surface area contributed by atoms with E-state index in [0.29, 0.717) is 31.1 Å². The van der Waals surface area contributed by atoms with Gasteiger partial charge in [-0.1, -0.05) is 13.0 Å². The maximum atomic E-state index is 11.9. The van der Waals surface area contributed by atoms with E-state index in [-0.39, 0.29) is 12.3 Å². The first-order chi connectivity index (χ1) is 13.1. The van der Waals surface area contributed by atoms with Crippen LogP contribution in [0.4, 0.5) is 4.79 Å². The fraction of sp³-hybridized carbons (Fsp3) is 0.810. The molecular weight excluding hydrogens is 342 g/mol. The molecule has 0 aliphatic carbocycles. The number of hydrogen-bond donors (Lipinski definition) is 0. The third-order valence-corrected chi connectivity index (χ3v) is 6.03. The Hall–Kier alpha value is -1.40. The smallest absolute Gasteiger partial charge is 0.409 e. The van der Waals surface area contributed by atoms with E-state index in [2.05, 4.69) is 22.9 Å². The minimum atomic E-state index is -0.157. The van der Waals surface area contributed by atoms with Gasteiger partial charge >= 0.3 is 6.09 Å². The molecule has 0 saturated carbocycles. The number of aliphatic imine (C=N–C) groups is 1. The highest BCUT2D eigenvalue weighted by molar-refractivity contribution is 5.67. The molecule has 1 amide bonds. The van der Waals surface area contributed by atoms with E-state index in [1.54, 1.807) is 0 Å². The van der Waals surface area contributed by atoms with Gasteiger partial charge in [0.2, 0.25) is 0 Å². The number of dihydropyridines is 1. The molecular formula is C21H35N3O3. The summed E-state index contributed by atoms with van der Waals surface area (Å²) in [5.74, 6) is 0.985. The number of nitrogens with zero attached hydrogens (tertiary/aromatic N) is 3. The van der Waals surface area contributed by atoms with Crippen molar-refractivity contribution in [2.75, 3.05) is 39.4 Å². The van der Waals surface area contributed by atoms with E-state index in [1.165, 1.54) is 18.4 Å². The first-order valence-electron chi connectivity index (χ1n) is 10.6. The van der Waals surface area contributed by atoms with Crippen LogP contribution in [0.25, 0.3) is 0 Å². The topological polar surface area (TPSA) is 54.4 Å². The molecule has 6 nitrogen and oxygen atoms in total. The molecule has 0 aromatic carbocycles. The number of carbonyl (C=O) groups is 1. The second kappa shape index (κ2) is 9.69. The standard InChI is InChI=1S/C21H35N3O3/c1-4-26-20-19(14-16(3)15-22-20)17-6-10-23(11-7-17)18-8-12-24(13-9-18)21(25)27-5-2/h14-18,20H,4-13H2,1-3H3. The van der Waals surface area contributed by atoms with E-state index < -0.39 is 0 Å². The van der Waals surface area contributed by atoms with Gasteiger partial charge in [-0.2, -0.15) is 0 Å². The number of amides is 1. The molecule has 0 spiro atoms. The highest BCUT2D eigenvalue weighted by Gasteiger charge is 2.33. The van der Waals surface area contributed by atoms with E-state index in [0.717, 1.165) is 39.0 Å². The molecule has 2 fully saturated rings. The average molecular weight is 378 g/mol. The zero-order valence-corrected chi connectivity index (χ0v) is 17.1. The van der Waals surface area contributed by atoms with Crippen molar-refractivity contribution < 1.29 is 14.3 Å². The van der Waals surface area contributed by atoms with E-state index in [9.17, 15) is 4.79 Å². The van der Waals surface area contributed by atoms with Crippen LogP contribution in [0, 0.1) is 11.8 Å². The Labute approximate surface area is 163 Å². The van der Waals surface area contributed by atoms with Crippen LogP contribution in [0.2, 0.25) is 0 Å². The Bertz CT molecular complexity index is 547. The Kier molecular flexibility index (Phi) is 7.30. The molecule has 152 valence electrons. The summed E-state index contributed by atoms with van der Waals surface area (Å²) in [4.78, 5) is 21.0. The molecule has 6 heteroatoms. The summed E-state index contributed by atoms with van der Waals surface area (Å²) in [6, 6.07) is 0.594. The number of allylic oxidation sites excluding steroid dienone is 1. The number of ether oxygens (including phenoxy) is 2. The Morgan fingerprint density at radius 3 is 2.44 bits per heavy atom. The predicted octanol–water partition coefficient (Wildman–Crippen LogP) is 3.33. The van der Waals surface area contributed by atoms with E-state index in [1.807, 2.05) is 25.0 Å². The lowest BCUT2D eigenvalue weighted by molar-refractivity contribution is 0.0550. The van der Waals surface area contributed by atoms with E-state index in [4.69, 9.17) is 9.47 Å². The van der Waals surface area contributed by atoms with Gasteiger partial charge in [-0.25, -0.2) is 4.79 Å². The largest absolute Gasteiger partial charge is 0.450 e. The fourth-order valence-electron chi connectivity index (χ4n) is 4.59. The molecule has 0 radical (unpaired) electrons. The van der Waals surface area contributed by atoms with Crippen LogP contribution in [0.3, 0.4) is 0 Å². The van der Waals surface area contributed by atoms with Gasteiger partial charge < -0.3 is 19.3 Å². The van der Waals surface area contributed by atoms with Gasteiger partial charge in [0.15, 0.2) is 6.23 Å². The summed E-state index contributed by atoms with van der Waals surface area (Å²) in [6.45, 7) is 11.1. The normalized spacial score (nSPS) is 28.3.